The molecule has 0 atom stereocenters. The van der Waals surface area contributed by atoms with Crippen LogP contribution in [0, 0.1) is 0 Å². The smallest absolute Gasteiger partial charge is 0.339 e. The van der Waals surface area contributed by atoms with Crippen LogP contribution in [0.5, 0.6) is 0 Å². The van der Waals surface area contributed by atoms with Gasteiger partial charge in [-0.25, -0.2) is 4.79 Å². The number of carbonyl (C=O) groups excluding carboxylic acids is 2. The second-order valence-corrected chi connectivity index (χ2v) is 5.63. The van der Waals surface area contributed by atoms with Crippen LogP contribution in [0.15, 0.2) is 48.5 Å². The van der Waals surface area contributed by atoms with Crippen LogP contribution in [-0.4, -0.2) is 18.5 Å². The van der Waals surface area contributed by atoms with E-state index in [-0.39, 0.29) is 23.1 Å². The van der Waals surface area contributed by atoms with Gasteiger partial charge in [-0.1, -0.05) is 35.3 Å². The molecular formula is C18H15Cl2NO3. The van der Waals surface area contributed by atoms with Gasteiger partial charge in [0.15, 0.2) is 0 Å². The minimum atomic E-state index is -0.532. The van der Waals surface area contributed by atoms with Gasteiger partial charge in [-0.05, 0) is 48.9 Å². The van der Waals surface area contributed by atoms with Gasteiger partial charge in [-0.3, -0.25) is 4.79 Å². The number of anilines is 1. The second-order valence-electron chi connectivity index (χ2n) is 4.79. The van der Waals surface area contributed by atoms with E-state index in [1.807, 2.05) is 0 Å². The molecule has 2 rings (SSSR count). The number of nitrogens with one attached hydrogen (secondary N) is 1. The Labute approximate surface area is 150 Å². The van der Waals surface area contributed by atoms with Crippen molar-refractivity contribution in [2.75, 3.05) is 11.9 Å². The number of hydrogen-bond acceptors (Lipinski definition) is 3. The molecule has 4 nitrogen and oxygen atoms in total. The molecule has 0 aromatic heterocycles. The van der Waals surface area contributed by atoms with Gasteiger partial charge in [0.25, 0.3) is 0 Å². The Morgan fingerprint density at radius 1 is 1.12 bits per heavy atom. The molecule has 0 saturated heterocycles. The summed E-state index contributed by atoms with van der Waals surface area (Å²) in [6.45, 7) is 1.95. The summed E-state index contributed by atoms with van der Waals surface area (Å²) in [5, 5.41) is 3.57. The van der Waals surface area contributed by atoms with Crippen LogP contribution in [-0.2, 0) is 9.53 Å². The van der Waals surface area contributed by atoms with Crippen molar-refractivity contribution >= 4 is 46.8 Å². The van der Waals surface area contributed by atoms with Gasteiger partial charge >= 0.3 is 5.97 Å². The van der Waals surface area contributed by atoms with Crippen LogP contribution < -0.4 is 5.32 Å². The molecule has 2 aromatic carbocycles. The highest BCUT2D eigenvalue weighted by Crippen LogP contribution is 2.21. The van der Waals surface area contributed by atoms with E-state index >= 15 is 0 Å². The number of rotatable bonds is 5. The molecule has 0 radical (unpaired) electrons. The summed E-state index contributed by atoms with van der Waals surface area (Å²) in [4.78, 5) is 23.8. The molecule has 0 fully saturated rings. The average Bonchev–Trinajstić information content (AvgIpc) is 2.56. The molecule has 0 saturated carbocycles. The summed E-state index contributed by atoms with van der Waals surface area (Å²) in [5.41, 5.74) is 1.50. The number of carbonyl (C=O) groups is 2. The minimum Gasteiger partial charge on any atom is -0.462 e. The maximum atomic E-state index is 12.0. The van der Waals surface area contributed by atoms with Crippen LogP contribution in [0.4, 0.5) is 5.69 Å². The minimum absolute atomic E-state index is 0.206. The number of esters is 1. The zero-order valence-corrected chi connectivity index (χ0v) is 14.4. The quantitative estimate of drug-likeness (QED) is 0.611. The lowest BCUT2D eigenvalue weighted by molar-refractivity contribution is -0.111. The van der Waals surface area contributed by atoms with Crippen molar-refractivity contribution in [3.8, 4) is 0 Å². The topological polar surface area (TPSA) is 55.4 Å². The second kappa shape index (κ2) is 8.52. The average molecular weight is 364 g/mol. The highest BCUT2D eigenvalue weighted by molar-refractivity contribution is 6.33. The van der Waals surface area contributed by atoms with E-state index in [1.54, 1.807) is 43.3 Å². The van der Waals surface area contributed by atoms with Gasteiger partial charge in [0, 0.05) is 16.8 Å². The first-order chi connectivity index (χ1) is 11.5. The fourth-order valence-electron chi connectivity index (χ4n) is 1.90. The van der Waals surface area contributed by atoms with E-state index in [9.17, 15) is 9.59 Å². The Kier molecular flexibility index (Phi) is 6.41. The van der Waals surface area contributed by atoms with Crippen molar-refractivity contribution in [3.05, 3.63) is 69.7 Å². The van der Waals surface area contributed by atoms with Gasteiger partial charge in [-0.2, -0.15) is 0 Å². The predicted molar refractivity (Wildman–Crippen MR) is 96.5 cm³/mol. The summed E-state index contributed by atoms with van der Waals surface area (Å²) in [6.07, 6.45) is 3.05. The molecule has 24 heavy (non-hydrogen) atoms. The Morgan fingerprint density at radius 3 is 2.50 bits per heavy atom. The summed E-state index contributed by atoms with van der Waals surface area (Å²) >= 11 is 11.8. The first kappa shape index (κ1) is 18.0. The number of ether oxygens (including phenoxy) is 1. The standard InChI is InChI=1S/C18H15Cl2NO3/c1-2-24-18(23)15-11-14(8-9-16(15)20)21-17(22)10-5-12-3-6-13(19)7-4-12/h3-11H,2H2,1H3,(H,21,22)/b10-5+. The van der Waals surface area contributed by atoms with Gasteiger partial charge in [0.2, 0.25) is 5.91 Å². The summed E-state index contributed by atoms with van der Waals surface area (Å²) in [7, 11) is 0. The van der Waals surface area contributed by atoms with Crippen molar-refractivity contribution in [2.45, 2.75) is 6.92 Å². The zero-order valence-electron chi connectivity index (χ0n) is 12.9. The molecule has 0 aliphatic rings. The lowest BCUT2D eigenvalue weighted by Gasteiger charge is -2.07. The highest BCUT2D eigenvalue weighted by Gasteiger charge is 2.12. The number of halogens is 2. The van der Waals surface area contributed by atoms with E-state index in [2.05, 4.69) is 5.32 Å². The lowest BCUT2D eigenvalue weighted by atomic mass is 10.2. The van der Waals surface area contributed by atoms with Gasteiger partial charge < -0.3 is 10.1 Å². The molecule has 6 heteroatoms. The third-order valence-corrected chi connectivity index (χ3v) is 3.61. The molecule has 0 aliphatic carbocycles. The molecule has 1 amide bonds. The monoisotopic (exact) mass is 363 g/mol. The Hall–Kier alpha value is -2.30. The first-order valence-corrected chi connectivity index (χ1v) is 7.96. The van der Waals surface area contributed by atoms with E-state index in [4.69, 9.17) is 27.9 Å². The number of amides is 1. The van der Waals surface area contributed by atoms with Gasteiger partial charge in [0.05, 0.1) is 17.2 Å². The molecule has 0 aliphatic heterocycles. The largest absolute Gasteiger partial charge is 0.462 e. The van der Waals surface area contributed by atoms with Crippen molar-refractivity contribution in [2.24, 2.45) is 0 Å². The van der Waals surface area contributed by atoms with Crippen LogP contribution in [0.25, 0.3) is 6.08 Å². The van der Waals surface area contributed by atoms with Gasteiger partial charge in [0.1, 0.15) is 0 Å². The Morgan fingerprint density at radius 2 is 1.83 bits per heavy atom. The fraction of sp³-hybridized carbons (Fsp3) is 0.111. The first-order valence-electron chi connectivity index (χ1n) is 7.21. The molecule has 2 aromatic rings. The highest BCUT2D eigenvalue weighted by atomic mass is 35.5. The van der Waals surface area contributed by atoms with Gasteiger partial charge in [-0.15, -0.1) is 0 Å². The molecular weight excluding hydrogens is 349 g/mol. The van der Waals surface area contributed by atoms with E-state index in [1.165, 1.54) is 18.2 Å². The van der Waals surface area contributed by atoms with Crippen LogP contribution in [0.2, 0.25) is 10.0 Å². The number of hydrogen-bond donors (Lipinski definition) is 1. The van der Waals surface area contributed by atoms with Crippen molar-refractivity contribution in [1.29, 1.82) is 0 Å². The molecule has 0 unspecified atom stereocenters. The summed E-state index contributed by atoms with van der Waals surface area (Å²) in [5.74, 6) is -0.864. The fourth-order valence-corrected chi connectivity index (χ4v) is 2.22. The zero-order chi connectivity index (χ0) is 17.5. The van der Waals surface area contributed by atoms with Crippen molar-refractivity contribution < 1.29 is 14.3 Å². The predicted octanol–water partition coefficient (Wildman–Crippen LogP) is 4.82. The summed E-state index contributed by atoms with van der Waals surface area (Å²) < 4.78 is 4.92. The van der Waals surface area contributed by atoms with Crippen LogP contribution >= 0.6 is 23.2 Å². The maximum absolute atomic E-state index is 12.0. The summed E-state index contributed by atoms with van der Waals surface area (Å²) in [6, 6.07) is 11.7. The van der Waals surface area contributed by atoms with Crippen LogP contribution in [0.1, 0.15) is 22.8 Å². The molecule has 0 bridgehead atoms. The van der Waals surface area contributed by atoms with Crippen molar-refractivity contribution in [1.82, 2.24) is 0 Å². The van der Waals surface area contributed by atoms with E-state index in [0.717, 1.165) is 5.56 Å². The Bertz CT molecular complexity index is 770. The maximum Gasteiger partial charge on any atom is 0.339 e. The normalized spacial score (nSPS) is 10.6. The van der Waals surface area contributed by atoms with E-state index in [0.29, 0.717) is 10.7 Å². The SMILES string of the molecule is CCOC(=O)c1cc(NC(=O)/C=C/c2ccc(Cl)cc2)ccc1Cl. The molecule has 124 valence electrons. The molecule has 1 N–H and O–H groups in total. The van der Waals surface area contributed by atoms with Crippen molar-refractivity contribution in [3.63, 3.8) is 0 Å². The number of benzene rings is 2. The third kappa shape index (κ3) is 5.11. The third-order valence-electron chi connectivity index (χ3n) is 3.03. The van der Waals surface area contributed by atoms with Crippen LogP contribution in [0.3, 0.4) is 0 Å². The molecule has 0 spiro atoms. The lowest BCUT2D eigenvalue weighted by Crippen LogP contribution is -2.10. The molecule has 0 heterocycles. The Balaban J connectivity index is 2.07. The van der Waals surface area contributed by atoms with E-state index < -0.39 is 5.97 Å².